The number of fused-ring (bicyclic) bond motifs is 3. The fraction of sp³-hybridized carbons (Fsp3) is 0.194. The number of aromatic amines is 1. The van der Waals surface area contributed by atoms with Gasteiger partial charge in [-0.3, -0.25) is 0 Å². The van der Waals surface area contributed by atoms with Gasteiger partial charge >= 0.3 is 0 Å². The smallest absolute Gasteiger partial charge is 0.129 e. The molecule has 0 amide bonds. The lowest BCUT2D eigenvalue weighted by atomic mass is 10.1. The molecule has 0 saturated carbocycles. The number of nitriles is 1. The number of nitrogens with zero attached hydrogens (tertiary/aromatic N) is 1. The van der Waals surface area contributed by atoms with Crippen LogP contribution in [0, 0.1) is 11.3 Å². The third kappa shape index (κ3) is 5.92. The quantitative estimate of drug-likeness (QED) is 0.225. The van der Waals surface area contributed by atoms with E-state index < -0.39 is 6.10 Å². The van der Waals surface area contributed by atoms with Crippen LogP contribution in [0.3, 0.4) is 0 Å². The van der Waals surface area contributed by atoms with E-state index in [1.54, 1.807) is 24.3 Å². The predicted molar refractivity (Wildman–Crippen MR) is 146 cm³/mol. The minimum absolute atomic E-state index is 0.178. The van der Waals surface area contributed by atoms with Crippen molar-refractivity contribution in [2.75, 3.05) is 13.2 Å². The second-order valence-corrected chi connectivity index (χ2v) is 9.21. The van der Waals surface area contributed by atoms with Crippen LogP contribution in [0.25, 0.3) is 21.8 Å². The SMILES string of the molecule is C[C@H](Cc1ccc(Oc2ccc(C#N)cc2)cc1)NCC(O)COc1cccc2[nH]c3ccccc3c12. The maximum Gasteiger partial charge on any atom is 0.129 e. The highest BCUT2D eigenvalue weighted by atomic mass is 16.5. The van der Waals surface area contributed by atoms with E-state index in [-0.39, 0.29) is 12.6 Å². The van der Waals surface area contributed by atoms with Gasteiger partial charge in [0.1, 0.15) is 30.0 Å². The first kappa shape index (κ1) is 24.4. The van der Waals surface area contributed by atoms with Crippen LogP contribution in [0.15, 0.2) is 91.0 Å². The van der Waals surface area contributed by atoms with E-state index >= 15 is 0 Å². The number of hydrogen-bond acceptors (Lipinski definition) is 5. The van der Waals surface area contributed by atoms with E-state index in [4.69, 9.17) is 14.7 Å². The molecule has 5 aromatic rings. The Bertz CT molecular complexity index is 1520. The zero-order chi connectivity index (χ0) is 25.6. The summed E-state index contributed by atoms with van der Waals surface area (Å²) in [6.45, 7) is 2.74. The molecule has 0 fully saturated rings. The van der Waals surface area contributed by atoms with E-state index in [0.29, 0.717) is 17.9 Å². The highest BCUT2D eigenvalue weighted by Crippen LogP contribution is 2.33. The lowest BCUT2D eigenvalue weighted by Crippen LogP contribution is -2.37. The van der Waals surface area contributed by atoms with E-state index in [1.807, 2.05) is 54.6 Å². The van der Waals surface area contributed by atoms with Gasteiger partial charge in [0.05, 0.1) is 17.1 Å². The molecule has 6 nitrogen and oxygen atoms in total. The Morgan fingerprint density at radius 2 is 1.59 bits per heavy atom. The van der Waals surface area contributed by atoms with Gasteiger partial charge in [-0.05, 0) is 73.5 Å². The van der Waals surface area contributed by atoms with Crippen LogP contribution in [0.5, 0.6) is 17.2 Å². The summed E-state index contributed by atoms with van der Waals surface area (Å²) in [4.78, 5) is 3.42. The first-order valence-corrected chi connectivity index (χ1v) is 12.4. The monoisotopic (exact) mass is 491 g/mol. The molecular formula is C31H29N3O3. The maximum atomic E-state index is 10.5. The molecule has 5 rings (SSSR count). The fourth-order valence-corrected chi connectivity index (χ4v) is 4.42. The maximum absolute atomic E-state index is 10.5. The van der Waals surface area contributed by atoms with Crippen molar-refractivity contribution >= 4 is 21.8 Å². The molecule has 3 N–H and O–H groups in total. The molecule has 2 atom stereocenters. The summed E-state index contributed by atoms with van der Waals surface area (Å²) < 4.78 is 11.9. The number of aliphatic hydroxyl groups excluding tert-OH is 1. The number of H-pyrrole nitrogens is 1. The van der Waals surface area contributed by atoms with Gasteiger partial charge in [0, 0.05) is 28.9 Å². The third-order valence-corrected chi connectivity index (χ3v) is 6.31. The summed E-state index contributed by atoms with van der Waals surface area (Å²) in [6.07, 6.45) is 0.186. The summed E-state index contributed by atoms with van der Waals surface area (Å²) >= 11 is 0. The molecule has 0 saturated heterocycles. The van der Waals surface area contributed by atoms with Gasteiger partial charge in [0.25, 0.3) is 0 Å². The molecule has 0 aliphatic heterocycles. The van der Waals surface area contributed by atoms with E-state index in [9.17, 15) is 5.11 Å². The average Bonchev–Trinajstić information content (AvgIpc) is 3.31. The number of benzene rings is 4. The number of ether oxygens (including phenoxy) is 2. The number of hydrogen-bond donors (Lipinski definition) is 3. The summed E-state index contributed by atoms with van der Waals surface area (Å²) in [5.74, 6) is 2.20. The summed E-state index contributed by atoms with van der Waals surface area (Å²) in [7, 11) is 0. The van der Waals surface area contributed by atoms with Crippen LogP contribution in [0.1, 0.15) is 18.1 Å². The Morgan fingerprint density at radius 3 is 2.35 bits per heavy atom. The van der Waals surface area contributed by atoms with Crippen LogP contribution in [0.4, 0.5) is 0 Å². The normalized spacial score (nSPS) is 12.8. The fourth-order valence-electron chi connectivity index (χ4n) is 4.42. The summed E-state index contributed by atoms with van der Waals surface area (Å²) in [6, 6.07) is 31.4. The van der Waals surface area contributed by atoms with Crippen LogP contribution >= 0.6 is 0 Å². The van der Waals surface area contributed by atoms with Crippen LogP contribution in [0.2, 0.25) is 0 Å². The lowest BCUT2D eigenvalue weighted by molar-refractivity contribution is 0.105. The highest BCUT2D eigenvalue weighted by molar-refractivity contribution is 6.10. The van der Waals surface area contributed by atoms with Gasteiger partial charge in [0.15, 0.2) is 0 Å². The second-order valence-electron chi connectivity index (χ2n) is 9.21. The van der Waals surface area contributed by atoms with Crippen molar-refractivity contribution < 1.29 is 14.6 Å². The molecule has 0 radical (unpaired) electrons. The molecule has 0 bridgehead atoms. The number of aliphatic hydroxyl groups is 1. The largest absolute Gasteiger partial charge is 0.490 e. The first-order valence-electron chi connectivity index (χ1n) is 12.4. The van der Waals surface area contributed by atoms with Crippen LogP contribution < -0.4 is 14.8 Å². The molecule has 0 aliphatic carbocycles. The van der Waals surface area contributed by atoms with Crippen molar-refractivity contribution in [1.29, 1.82) is 5.26 Å². The molecule has 1 aromatic heterocycles. The average molecular weight is 492 g/mol. The van der Waals surface area contributed by atoms with Gasteiger partial charge in [-0.2, -0.15) is 5.26 Å². The molecule has 0 spiro atoms. The lowest BCUT2D eigenvalue weighted by Gasteiger charge is -2.18. The van der Waals surface area contributed by atoms with Crippen molar-refractivity contribution in [3.63, 3.8) is 0 Å². The minimum atomic E-state index is -0.633. The standard InChI is InChI=1S/C31H29N3O3/c1-21(17-22-9-13-25(14-10-22)37-26-15-11-23(18-32)12-16-26)33-19-24(35)20-36-30-8-4-7-29-31(30)27-5-2-3-6-28(27)34-29/h2-16,21,24,33-35H,17,19-20H2,1H3/t21-,24?/m1/s1. The van der Waals surface area contributed by atoms with Crippen molar-refractivity contribution in [3.05, 3.63) is 102 Å². The third-order valence-electron chi connectivity index (χ3n) is 6.31. The zero-order valence-electron chi connectivity index (χ0n) is 20.6. The summed E-state index contributed by atoms with van der Waals surface area (Å²) in [5.41, 5.74) is 3.86. The number of nitrogens with one attached hydrogen (secondary N) is 2. The Morgan fingerprint density at radius 1 is 0.892 bits per heavy atom. The van der Waals surface area contributed by atoms with Gasteiger partial charge in [-0.25, -0.2) is 0 Å². The van der Waals surface area contributed by atoms with Gasteiger partial charge in [-0.1, -0.05) is 36.4 Å². The van der Waals surface area contributed by atoms with Gasteiger partial charge in [0.2, 0.25) is 0 Å². The van der Waals surface area contributed by atoms with Gasteiger partial charge in [-0.15, -0.1) is 0 Å². The molecule has 1 heterocycles. The topological polar surface area (TPSA) is 90.3 Å². The molecule has 1 unspecified atom stereocenters. The van der Waals surface area contributed by atoms with E-state index in [1.165, 1.54) is 5.56 Å². The van der Waals surface area contributed by atoms with Crippen molar-refractivity contribution in [1.82, 2.24) is 10.3 Å². The number of rotatable bonds is 10. The molecule has 37 heavy (non-hydrogen) atoms. The molecule has 4 aromatic carbocycles. The van der Waals surface area contributed by atoms with E-state index in [0.717, 1.165) is 39.7 Å². The summed E-state index contributed by atoms with van der Waals surface area (Å²) in [5, 5.41) is 25.0. The molecule has 186 valence electrons. The Labute approximate surface area is 216 Å². The Kier molecular flexibility index (Phi) is 7.36. The molecular weight excluding hydrogens is 462 g/mol. The van der Waals surface area contributed by atoms with Crippen molar-refractivity contribution in [2.45, 2.75) is 25.5 Å². The highest BCUT2D eigenvalue weighted by Gasteiger charge is 2.13. The Hall–Kier alpha value is -4.31. The molecule has 0 aliphatic rings. The van der Waals surface area contributed by atoms with Crippen LogP contribution in [-0.2, 0) is 6.42 Å². The number of aromatic nitrogens is 1. The number of para-hydroxylation sites is 1. The predicted octanol–water partition coefficient (Wildman–Crippen LogP) is 5.95. The first-order chi connectivity index (χ1) is 18.1. The Balaban J connectivity index is 1.10. The molecule has 6 heteroatoms. The van der Waals surface area contributed by atoms with E-state index in [2.05, 4.69) is 35.4 Å². The van der Waals surface area contributed by atoms with Crippen molar-refractivity contribution in [3.8, 4) is 23.3 Å². The van der Waals surface area contributed by atoms with Gasteiger partial charge < -0.3 is 24.9 Å². The minimum Gasteiger partial charge on any atom is -0.490 e. The van der Waals surface area contributed by atoms with Crippen molar-refractivity contribution in [2.24, 2.45) is 0 Å². The zero-order valence-corrected chi connectivity index (χ0v) is 20.6. The van der Waals surface area contributed by atoms with Crippen LogP contribution in [-0.4, -0.2) is 35.4 Å². The second kappa shape index (κ2) is 11.2.